The molecule has 0 aliphatic carbocycles. The van der Waals surface area contributed by atoms with Crippen molar-refractivity contribution in [3.05, 3.63) is 70.5 Å². The number of anilines is 1. The number of carbonyl (C=O) groups excluding carboxylic acids is 2. The van der Waals surface area contributed by atoms with E-state index >= 15 is 0 Å². The van der Waals surface area contributed by atoms with E-state index in [1.54, 1.807) is 38.2 Å². The van der Waals surface area contributed by atoms with Crippen LogP contribution >= 0.6 is 11.3 Å². The summed E-state index contributed by atoms with van der Waals surface area (Å²) in [6, 6.07) is 16.4. The second kappa shape index (κ2) is 7.69. The number of likely N-dealkylation sites (N-methyl/N-ethyl adjacent to an activating group) is 1. The summed E-state index contributed by atoms with van der Waals surface area (Å²) in [5.74, 6) is 0.0177. The van der Waals surface area contributed by atoms with Gasteiger partial charge in [0, 0.05) is 17.5 Å². The Hall–Kier alpha value is -3.85. The first kappa shape index (κ1) is 20.1. The number of Topliss-reactive ketones (excluding diaryl/α,β-unsaturated/α-hetero) is 1. The smallest absolute Gasteiger partial charge is 0.278 e. The minimum Gasteiger partial charge on any atom is -0.479 e. The van der Waals surface area contributed by atoms with E-state index in [9.17, 15) is 14.4 Å². The predicted octanol–water partition coefficient (Wildman–Crippen LogP) is 3.15. The van der Waals surface area contributed by atoms with Crippen LogP contribution in [0.3, 0.4) is 0 Å². The summed E-state index contributed by atoms with van der Waals surface area (Å²) in [4.78, 5) is 40.9. The zero-order valence-electron chi connectivity index (χ0n) is 17.3. The van der Waals surface area contributed by atoms with Gasteiger partial charge in [-0.25, -0.2) is 4.68 Å². The van der Waals surface area contributed by atoms with Crippen molar-refractivity contribution in [1.29, 1.82) is 0 Å². The highest BCUT2D eigenvalue weighted by atomic mass is 32.1. The fraction of sp³-hybridized carbons (Fsp3) is 0.174. The van der Waals surface area contributed by atoms with Gasteiger partial charge in [0.05, 0.1) is 11.1 Å². The van der Waals surface area contributed by atoms with E-state index < -0.39 is 6.10 Å². The van der Waals surface area contributed by atoms with Crippen LogP contribution in [0, 0.1) is 0 Å². The van der Waals surface area contributed by atoms with Crippen LogP contribution in [0.15, 0.2) is 59.4 Å². The lowest BCUT2D eigenvalue weighted by atomic mass is 10.1. The third kappa shape index (κ3) is 3.36. The van der Waals surface area contributed by atoms with Crippen LogP contribution in [0.25, 0.3) is 20.7 Å². The van der Waals surface area contributed by atoms with Gasteiger partial charge >= 0.3 is 0 Å². The number of nitrogens with zero attached hydrogens (tertiary/aromatic N) is 4. The highest BCUT2D eigenvalue weighted by Gasteiger charge is 2.29. The van der Waals surface area contributed by atoms with Crippen molar-refractivity contribution in [2.45, 2.75) is 19.6 Å². The summed E-state index contributed by atoms with van der Waals surface area (Å²) in [6.45, 7) is 1.42. The molecule has 4 aromatic rings. The van der Waals surface area contributed by atoms with E-state index in [1.165, 1.54) is 16.2 Å². The molecule has 2 aromatic carbocycles. The van der Waals surface area contributed by atoms with Gasteiger partial charge in [0.2, 0.25) is 0 Å². The van der Waals surface area contributed by atoms with Gasteiger partial charge in [0.1, 0.15) is 12.3 Å². The number of ketones is 1. The highest BCUT2D eigenvalue weighted by molar-refractivity contribution is 7.21. The van der Waals surface area contributed by atoms with Crippen LogP contribution in [0.2, 0.25) is 0 Å². The maximum Gasteiger partial charge on any atom is 0.278 e. The van der Waals surface area contributed by atoms with Crippen molar-refractivity contribution >= 4 is 38.9 Å². The van der Waals surface area contributed by atoms with E-state index in [4.69, 9.17) is 4.74 Å². The molecule has 0 fully saturated rings. The Balaban J connectivity index is 1.45. The zero-order valence-corrected chi connectivity index (χ0v) is 18.1. The Morgan fingerprint density at radius 1 is 1.12 bits per heavy atom. The van der Waals surface area contributed by atoms with Gasteiger partial charge in [-0.05, 0) is 36.8 Å². The molecule has 0 saturated carbocycles. The van der Waals surface area contributed by atoms with Gasteiger partial charge in [0.25, 0.3) is 11.5 Å². The summed E-state index contributed by atoms with van der Waals surface area (Å²) in [6.07, 6.45) is -0.582. The molecule has 0 bridgehead atoms. The summed E-state index contributed by atoms with van der Waals surface area (Å²) < 4.78 is 6.66. The second-order valence-corrected chi connectivity index (χ2v) is 8.54. The fourth-order valence-electron chi connectivity index (χ4n) is 3.64. The molecular weight excluding hydrogens is 428 g/mol. The number of hydrogen-bond acceptors (Lipinski definition) is 7. The Kier molecular flexibility index (Phi) is 4.82. The molecule has 1 amide bonds. The highest BCUT2D eigenvalue weighted by Crippen LogP contribution is 2.34. The van der Waals surface area contributed by atoms with Crippen molar-refractivity contribution in [2.24, 2.45) is 0 Å². The third-order valence-corrected chi connectivity index (χ3v) is 6.47. The van der Waals surface area contributed by atoms with E-state index in [1.807, 2.05) is 30.3 Å². The van der Waals surface area contributed by atoms with E-state index in [0.29, 0.717) is 27.2 Å². The molecule has 0 radical (unpaired) electrons. The summed E-state index contributed by atoms with van der Waals surface area (Å²) in [5.41, 5.74) is 1.48. The van der Waals surface area contributed by atoms with Gasteiger partial charge in [-0.2, -0.15) is 0 Å². The maximum absolute atomic E-state index is 12.9. The molecule has 0 saturated heterocycles. The minimum atomic E-state index is -0.582. The average Bonchev–Trinajstić information content (AvgIpc) is 3.25. The number of rotatable bonds is 4. The molecule has 3 heterocycles. The molecule has 9 heteroatoms. The Labute approximate surface area is 186 Å². The van der Waals surface area contributed by atoms with Crippen molar-refractivity contribution < 1.29 is 14.3 Å². The normalized spacial score (nSPS) is 15.5. The Bertz CT molecular complexity index is 1430. The maximum atomic E-state index is 12.9. The van der Waals surface area contributed by atoms with Gasteiger partial charge < -0.3 is 9.64 Å². The van der Waals surface area contributed by atoms with Crippen molar-refractivity contribution in [2.75, 3.05) is 11.9 Å². The molecule has 2 aromatic heterocycles. The number of hydrogen-bond donors (Lipinski definition) is 0. The van der Waals surface area contributed by atoms with Crippen molar-refractivity contribution in [3.8, 4) is 16.2 Å². The largest absolute Gasteiger partial charge is 0.479 e. The number of benzene rings is 2. The Morgan fingerprint density at radius 3 is 2.69 bits per heavy atom. The standard InChI is InChI=1S/C23H18N4O4S/c1-13-22(29)26(2)17-10-15(8-9-19(17)31-13)18(28)12-27-23(30)16-11-20(32-21(16)24-25-27)14-6-4-3-5-7-14/h3-11,13H,12H2,1-2H3. The molecule has 160 valence electrons. The number of aromatic nitrogens is 3. The molecule has 8 nitrogen and oxygen atoms in total. The number of amides is 1. The van der Waals surface area contributed by atoms with Gasteiger partial charge in [0.15, 0.2) is 16.7 Å². The summed E-state index contributed by atoms with van der Waals surface area (Å²) in [5, 5.41) is 8.53. The Morgan fingerprint density at radius 2 is 1.91 bits per heavy atom. The molecule has 1 aliphatic heterocycles. The quantitative estimate of drug-likeness (QED) is 0.447. The summed E-state index contributed by atoms with van der Waals surface area (Å²) in [7, 11) is 1.64. The average molecular weight is 446 g/mol. The predicted molar refractivity (Wildman–Crippen MR) is 121 cm³/mol. The van der Waals surface area contributed by atoms with Gasteiger partial charge in [-0.3, -0.25) is 14.4 Å². The van der Waals surface area contributed by atoms with Crippen LogP contribution in [-0.2, 0) is 11.3 Å². The minimum absolute atomic E-state index is 0.193. The van der Waals surface area contributed by atoms with Gasteiger partial charge in [-0.1, -0.05) is 35.5 Å². The molecule has 1 atom stereocenters. The molecule has 0 N–H and O–H groups in total. The first-order chi connectivity index (χ1) is 15.4. The van der Waals surface area contributed by atoms with Crippen LogP contribution < -0.4 is 15.2 Å². The lowest BCUT2D eigenvalue weighted by molar-refractivity contribution is -0.125. The van der Waals surface area contributed by atoms with E-state index in [-0.39, 0.29) is 23.8 Å². The molecule has 0 spiro atoms. The van der Waals surface area contributed by atoms with Crippen LogP contribution in [0.1, 0.15) is 17.3 Å². The topological polar surface area (TPSA) is 94.4 Å². The molecule has 1 unspecified atom stereocenters. The number of ether oxygens (including phenoxy) is 1. The van der Waals surface area contributed by atoms with Crippen molar-refractivity contribution in [1.82, 2.24) is 15.0 Å². The monoisotopic (exact) mass is 446 g/mol. The number of fused-ring (bicyclic) bond motifs is 2. The van der Waals surface area contributed by atoms with E-state index in [0.717, 1.165) is 15.1 Å². The third-order valence-electron chi connectivity index (χ3n) is 5.40. The molecule has 1 aliphatic rings. The van der Waals surface area contributed by atoms with E-state index in [2.05, 4.69) is 10.3 Å². The van der Waals surface area contributed by atoms with Gasteiger partial charge in [-0.15, -0.1) is 16.4 Å². The number of thiophene rings is 1. The lowest BCUT2D eigenvalue weighted by Crippen LogP contribution is -2.42. The second-order valence-electron chi connectivity index (χ2n) is 7.51. The SMILES string of the molecule is CC1Oc2ccc(C(=O)Cn3nnc4sc(-c5ccccc5)cc4c3=O)cc2N(C)C1=O. The zero-order chi connectivity index (χ0) is 22.4. The molecule has 5 rings (SSSR count). The molecule has 32 heavy (non-hydrogen) atoms. The van der Waals surface area contributed by atoms with Crippen molar-refractivity contribution in [3.63, 3.8) is 0 Å². The van der Waals surface area contributed by atoms with Crippen LogP contribution in [0.4, 0.5) is 5.69 Å². The van der Waals surface area contributed by atoms with Crippen LogP contribution in [-0.4, -0.2) is 39.8 Å². The van der Waals surface area contributed by atoms with Crippen LogP contribution in [0.5, 0.6) is 5.75 Å². The lowest BCUT2D eigenvalue weighted by Gasteiger charge is -2.30. The summed E-state index contributed by atoms with van der Waals surface area (Å²) >= 11 is 1.38. The fourth-order valence-corrected chi connectivity index (χ4v) is 4.62. The first-order valence-corrected chi connectivity index (χ1v) is 10.8. The first-order valence-electron chi connectivity index (χ1n) is 9.96. The molecular formula is C23H18N4O4S. The number of carbonyl (C=O) groups is 2.